The van der Waals surface area contributed by atoms with Crippen LogP contribution >= 0.6 is 35.0 Å². The fourth-order valence-electron chi connectivity index (χ4n) is 2.75. The van der Waals surface area contributed by atoms with E-state index in [9.17, 15) is 0 Å². The predicted molar refractivity (Wildman–Crippen MR) is 111 cm³/mol. The highest BCUT2D eigenvalue weighted by molar-refractivity contribution is 7.98. The van der Waals surface area contributed by atoms with Crippen LogP contribution in [0.1, 0.15) is 25.0 Å². The molecule has 26 heavy (non-hydrogen) atoms. The quantitative estimate of drug-likeness (QED) is 0.437. The van der Waals surface area contributed by atoms with Gasteiger partial charge in [0.1, 0.15) is 0 Å². The largest absolute Gasteiger partial charge is 0.302 e. The smallest absolute Gasteiger partial charge is 0.191 e. The highest BCUT2D eigenvalue weighted by atomic mass is 35.5. The molecular weight excluding hydrogens is 385 g/mol. The van der Waals surface area contributed by atoms with Crippen molar-refractivity contribution in [1.29, 1.82) is 0 Å². The Bertz CT molecular complexity index is 906. The van der Waals surface area contributed by atoms with E-state index >= 15 is 0 Å². The van der Waals surface area contributed by atoms with E-state index in [1.165, 1.54) is 11.1 Å². The zero-order chi connectivity index (χ0) is 18.7. The lowest BCUT2D eigenvalue weighted by Crippen LogP contribution is -2.08. The van der Waals surface area contributed by atoms with Gasteiger partial charge in [0.15, 0.2) is 11.0 Å². The van der Waals surface area contributed by atoms with Crippen molar-refractivity contribution in [3.8, 4) is 11.4 Å². The van der Waals surface area contributed by atoms with E-state index in [1.807, 2.05) is 12.1 Å². The van der Waals surface area contributed by atoms with Crippen LogP contribution in [-0.2, 0) is 12.3 Å². The first-order chi connectivity index (χ1) is 12.4. The van der Waals surface area contributed by atoms with E-state index in [4.69, 9.17) is 23.2 Å². The molecule has 0 saturated carbocycles. The first kappa shape index (κ1) is 19.3. The minimum atomic E-state index is 0.467. The predicted octanol–water partition coefficient (Wildman–Crippen LogP) is 6.51. The van der Waals surface area contributed by atoms with Gasteiger partial charge in [-0.1, -0.05) is 78.6 Å². The molecule has 1 heterocycles. The van der Waals surface area contributed by atoms with Crippen molar-refractivity contribution >= 4 is 35.0 Å². The molecule has 0 N–H and O–H groups in total. The molecular formula is C20H21Cl2N3S. The molecule has 0 saturated heterocycles. The number of hydrogen-bond acceptors (Lipinski definition) is 3. The van der Waals surface area contributed by atoms with Crippen LogP contribution in [0.15, 0.2) is 47.6 Å². The number of benzene rings is 2. The summed E-state index contributed by atoms with van der Waals surface area (Å²) in [6, 6.07) is 14.0. The summed E-state index contributed by atoms with van der Waals surface area (Å²) >= 11 is 14.1. The Hall–Kier alpha value is -1.49. The number of hydrogen-bond donors (Lipinski definition) is 0. The Labute approximate surface area is 168 Å². The summed E-state index contributed by atoms with van der Waals surface area (Å²) in [6.07, 6.45) is 0. The van der Waals surface area contributed by atoms with Crippen molar-refractivity contribution in [1.82, 2.24) is 14.8 Å². The molecule has 0 radical (unpaired) electrons. The van der Waals surface area contributed by atoms with E-state index in [-0.39, 0.29) is 0 Å². The molecule has 0 bridgehead atoms. The molecule has 3 aromatic rings. The van der Waals surface area contributed by atoms with Gasteiger partial charge in [0, 0.05) is 22.9 Å². The van der Waals surface area contributed by atoms with Crippen LogP contribution in [0, 0.1) is 12.8 Å². The minimum absolute atomic E-state index is 0.467. The molecule has 3 nitrogen and oxygen atoms in total. The molecule has 0 aliphatic carbocycles. The molecule has 0 atom stereocenters. The fraction of sp³-hybridized carbons (Fsp3) is 0.300. The maximum absolute atomic E-state index is 6.40. The third-order valence-electron chi connectivity index (χ3n) is 3.89. The molecule has 0 spiro atoms. The molecule has 1 aromatic heterocycles. The second-order valence-electron chi connectivity index (χ2n) is 6.71. The van der Waals surface area contributed by atoms with Crippen molar-refractivity contribution < 1.29 is 0 Å². The summed E-state index contributed by atoms with van der Waals surface area (Å²) < 4.78 is 2.15. The van der Waals surface area contributed by atoms with Gasteiger partial charge in [-0.25, -0.2) is 0 Å². The van der Waals surface area contributed by atoms with Gasteiger partial charge in [-0.15, -0.1) is 10.2 Å². The maximum Gasteiger partial charge on any atom is 0.191 e. The molecule has 0 amide bonds. The molecule has 6 heteroatoms. The first-order valence-electron chi connectivity index (χ1n) is 8.51. The van der Waals surface area contributed by atoms with Crippen molar-refractivity contribution in [2.45, 2.75) is 38.2 Å². The fourth-order valence-corrected chi connectivity index (χ4v) is 4.13. The van der Waals surface area contributed by atoms with E-state index in [2.05, 4.69) is 59.8 Å². The Morgan fingerprint density at radius 2 is 1.88 bits per heavy atom. The van der Waals surface area contributed by atoms with Gasteiger partial charge in [-0.3, -0.25) is 0 Å². The number of aromatic nitrogens is 3. The summed E-state index contributed by atoms with van der Waals surface area (Å²) in [5, 5.41) is 11.0. The Balaban J connectivity index is 1.92. The van der Waals surface area contributed by atoms with E-state index in [0.717, 1.165) is 28.8 Å². The first-order valence-corrected chi connectivity index (χ1v) is 10.2. The molecule has 2 aromatic carbocycles. The van der Waals surface area contributed by atoms with Crippen LogP contribution in [0.4, 0.5) is 0 Å². The monoisotopic (exact) mass is 405 g/mol. The lowest BCUT2D eigenvalue weighted by Gasteiger charge is -2.13. The molecule has 3 rings (SSSR count). The lowest BCUT2D eigenvalue weighted by molar-refractivity contribution is 0.498. The van der Waals surface area contributed by atoms with Gasteiger partial charge in [0.05, 0.1) is 5.02 Å². The number of rotatable bonds is 6. The van der Waals surface area contributed by atoms with Crippen LogP contribution in [-0.4, -0.2) is 14.8 Å². The standard InChI is InChI=1S/C20H21Cl2N3S/c1-13(2)11-25-19(17-8-7-16(21)10-18(17)22)23-24-20(25)26-12-15-6-4-5-14(3)9-15/h4-10,13H,11-12H2,1-3H3. The van der Waals surface area contributed by atoms with Crippen molar-refractivity contribution in [3.05, 3.63) is 63.6 Å². The van der Waals surface area contributed by atoms with E-state index in [0.29, 0.717) is 16.0 Å². The lowest BCUT2D eigenvalue weighted by atomic mass is 10.2. The summed E-state index contributed by atoms with van der Waals surface area (Å²) in [4.78, 5) is 0. The molecule has 136 valence electrons. The van der Waals surface area contributed by atoms with Crippen LogP contribution in [0.5, 0.6) is 0 Å². The Kier molecular flexibility index (Phi) is 6.28. The minimum Gasteiger partial charge on any atom is -0.302 e. The highest BCUT2D eigenvalue weighted by Crippen LogP contribution is 2.32. The van der Waals surface area contributed by atoms with E-state index in [1.54, 1.807) is 17.8 Å². The number of thioether (sulfide) groups is 1. The van der Waals surface area contributed by atoms with Crippen LogP contribution < -0.4 is 0 Å². The number of aryl methyl sites for hydroxylation is 1. The SMILES string of the molecule is Cc1cccc(CSc2nnc(-c3ccc(Cl)cc3Cl)n2CC(C)C)c1. The van der Waals surface area contributed by atoms with Gasteiger partial charge in [-0.05, 0) is 36.6 Å². The summed E-state index contributed by atoms with van der Waals surface area (Å²) in [7, 11) is 0. The Morgan fingerprint density at radius 1 is 1.08 bits per heavy atom. The zero-order valence-corrected chi connectivity index (χ0v) is 17.4. The zero-order valence-electron chi connectivity index (χ0n) is 15.0. The van der Waals surface area contributed by atoms with Gasteiger partial charge in [0.25, 0.3) is 0 Å². The molecule has 0 aliphatic rings. The van der Waals surface area contributed by atoms with E-state index < -0.39 is 0 Å². The topological polar surface area (TPSA) is 30.7 Å². The summed E-state index contributed by atoms with van der Waals surface area (Å²) in [5.41, 5.74) is 3.40. The summed E-state index contributed by atoms with van der Waals surface area (Å²) in [5.74, 6) is 2.10. The Morgan fingerprint density at radius 3 is 2.58 bits per heavy atom. The van der Waals surface area contributed by atoms with Gasteiger partial charge in [0.2, 0.25) is 0 Å². The average Bonchev–Trinajstić information content (AvgIpc) is 2.95. The maximum atomic E-state index is 6.40. The highest BCUT2D eigenvalue weighted by Gasteiger charge is 2.17. The van der Waals surface area contributed by atoms with Gasteiger partial charge in [-0.2, -0.15) is 0 Å². The van der Waals surface area contributed by atoms with Crippen LogP contribution in [0.2, 0.25) is 10.0 Å². The molecule has 0 unspecified atom stereocenters. The second-order valence-corrected chi connectivity index (χ2v) is 8.50. The third-order valence-corrected chi connectivity index (χ3v) is 5.47. The van der Waals surface area contributed by atoms with Gasteiger partial charge >= 0.3 is 0 Å². The van der Waals surface area contributed by atoms with Crippen molar-refractivity contribution in [3.63, 3.8) is 0 Å². The third kappa shape index (κ3) is 4.61. The average molecular weight is 406 g/mol. The second kappa shape index (κ2) is 8.47. The molecule has 0 aliphatic heterocycles. The van der Waals surface area contributed by atoms with Crippen LogP contribution in [0.25, 0.3) is 11.4 Å². The van der Waals surface area contributed by atoms with Crippen molar-refractivity contribution in [2.24, 2.45) is 5.92 Å². The van der Waals surface area contributed by atoms with Gasteiger partial charge < -0.3 is 4.57 Å². The number of halogens is 2. The number of nitrogens with zero attached hydrogens (tertiary/aromatic N) is 3. The van der Waals surface area contributed by atoms with Crippen LogP contribution in [0.3, 0.4) is 0 Å². The molecule has 0 fully saturated rings. The normalized spacial score (nSPS) is 11.3. The summed E-state index contributed by atoms with van der Waals surface area (Å²) in [6.45, 7) is 7.30. The van der Waals surface area contributed by atoms with Crippen molar-refractivity contribution in [2.75, 3.05) is 0 Å².